The molecule has 9 nitrogen and oxygen atoms in total. The summed E-state index contributed by atoms with van der Waals surface area (Å²) in [6.07, 6.45) is -0.0186. The number of anilines is 1. The molecule has 0 saturated carbocycles. The van der Waals surface area contributed by atoms with E-state index in [1.165, 1.54) is 30.3 Å². The van der Waals surface area contributed by atoms with E-state index >= 15 is 8.78 Å². The van der Waals surface area contributed by atoms with Gasteiger partial charge in [-0.15, -0.1) is 0 Å². The molecule has 2 N–H and O–H groups in total. The normalized spacial score (nSPS) is 24.4. The Labute approximate surface area is 277 Å². The average Bonchev–Trinajstić information content (AvgIpc) is 3.63. The second-order valence-corrected chi connectivity index (χ2v) is 14.4. The first-order valence-electron chi connectivity index (χ1n) is 15.0. The third-order valence-corrected chi connectivity index (χ3v) is 8.64. The van der Waals surface area contributed by atoms with Crippen LogP contribution in [0.1, 0.15) is 58.1 Å². The van der Waals surface area contributed by atoms with Gasteiger partial charge in [0.25, 0.3) is 0 Å². The van der Waals surface area contributed by atoms with Crippen LogP contribution in [-0.2, 0) is 26.2 Å². The number of carbonyl (C=O) groups excluding carboxylic acids is 1. The highest BCUT2D eigenvalue weighted by Gasteiger charge is 2.61. The quantitative estimate of drug-likeness (QED) is 0.219. The molecular formula is C33H37Cl2F2N5O4. The number of carbonyl (C=O) groups is 1. The summed E-state index contributed by atoms with van der Waals surface area (Å²) in [5.41, 5.74) is -2.66. The molecule has 1 amide bonds. The fourth-order valence-corrected chi connectivity index (χ4v) is 6.40. The van der Waals surface area contributed by atoms with Crippen molar-refractivity contribution in [3.8, 4) is 6.07 Å². The number of ether oxygens (including phenoxy) is 3. The summed E-state index contributed by atoms with van der Waals surface area (Å²) < 4.78 is 50.2. The van der Waals surface area contributed by atoms with E-state index in [4.69, 9.17) is 37.4 Å². The first-order chi connectivity index (χ1) is 21.6. The molecule has 246 valence electrons. The molecule has 5 rings (SSSR count). The van der Waals surface area contributed by atoms with Gasteiger partial charge in [-0.05, 0) is 49.4 Å². The number of epoxide rings is 1. The third kappa shape index (κ3) is 7.48. The van der Waals surface area contributed by atoms with Gasteiger partial charge >= 0.3 is 6.09 Å². The fourth-order valence-electron chi connectivity index (χ4n) is 6.06. The van der Waals surface area contributed by atoms with Crippen molar-refractivity contribution in [3.63, 3.8) is 0 Å². The van der Waals surface area contributed by atoms with Crippen LogP contribution in [-0.4, -0.2) is 53.1 Å². The molecule has 2 aliphatic rings. The zero-order valence-electron chi connectivity index (χ0n) is 26.2. The molecule has 2 fully saturated rings. The molecule has 1 aromatic heterocycles. The molecule has 0 aliphatic carbocycles. The summed E-state index contributed by atoms with van der Waals surface area (Å²) in [5.74, 6) is -2.55. The number of hydrogen-bond acceptors (Lipinski definition) is 7. The van der Waals surface area contributed by atoms with Crippen molar-refractivity contribution in [2.45, 2.75) is 82.9 Å². The highest BCUT2D eigenvalue weighted by Crippen LogP contribution is 2.53. The number of benzene rings is 2. The SMILES string of the molecule is CC(C)(C)C[C@@H]1N[C@H](OC(=O)Nc2ccn(CC(C)(C)OC[C@H]3CO3)n2)[C@H](c2cccc(Cl)c2F)[C@@]1(C#N)c1ccc(Cl)cc1F. The first-order valence-corrected chi connectivity index (χ1v) is 15.7. The summed E-state index contributed by atoms with van der Waals surface area (Å²) in [5, 5.41) is 21.2. The summed E-state index contributed by atoms with van der Waals surface area (Å²) in [7, 11) is 0. The highest BCUT2D eigenvalue weighted by atomic mass is 35.5. The van der Waals surface area contributed by atoms with Crippen LogP contribution < -0.4 is 10.6 Å². The Bertz CT molecular complexity index is 1630. The molecule has 2 saturated heterocycles. The van der Waals surface area contributed by atoms with Gasteiger partial charge in [0.15, 0.2) is 12.0 Å². The lowest BCUT2D eigenvalue weighted by Gasteiger charge is -2.37. The fraction of sp³-hybridized carbons (Fsp3) is 0.485. The largest absolute Gasteiger partial charge is 0.429 e. The number of amides is 1. The molecule has 0 radical (unpaired) electrons. The van der Waals surface area contributed by atoms with Crippen molar-refractivity contribution in [2.75, 3.05) is 18.5 Å². The maximum absolute atomic E-state index is 15.8. The standard InChI is InChI=1S/C33H37Cl2F2N5O4/c1-31(2,3)14-25-33(17-38,22-10-9-19(34)13-24(22)36)27(21-7-6-8-23(35)28(21)37)29(39-25)46-30(43)40-26-11-12-42(41-26)18-32(4,5)45-16-20-15-44-20/h6-13,20,25,27,29,39H,14-16,18H2,1-5H3,(H,40,41,43)/t20-,25+,27+,29-,33+/m1/s1. The van der Waals surface area contributed by atoms with E-state index in [1.54, 1.807) is 16.9 Å². The van der Waals surface area contributed by atoms with E-state index in [-0.39, 0.29) is 38.5 Å². The minimum absolute atomic E-state index is 0.00569. The Balaban J connectivity index is 1.47. The van der Waals surface area contributed by atoms with Crippen LogP contribution in [0, 0.1) is 28.4 Å². The predicted molar refractivity (Wildman–Crippen MR) is 170 cm³/mol. The zero-order chi connectivity index (χ0) is 33.4. The molecule has 13 heteroatoms. The second-order valence-electron chi connectivity index (χ2n) is 13.6. The lowest BCUT2D eigenvalue weighted by atomic mass is 9.63. The Morgan fingerprint density at radius 2 is 1.96 bits per heavy atom. The van der Waals surface area contributed by atoms with Crippen LogP contribution in [0.25, 0.3) is 0 Å². The number of nitriles is 1. The number of aromatic nitrogens is 2. The molecule has 2 aliphatic heterocycles. The zero-order valence-corrected chi connectivity index (χ0v) is 27.8. The van der Waals surface area contributed by atoms with Crippen LogP contribution in [0.4, 0.5) is 19.4 Å². The van der Waals surface area contributed by atoms with Crippen LogP contribution in [0.3, 0.4) is 0 Å². The van der Waals surface area contributed by atoms with Gasteiger partial charge in [-0.2, -0.15) is 10.4 Å². The monoisotopic (exact) mass is 675 g/mol. The van der Waals surface area contributed by atoms with Crippen LogP contribution in [0.15, 0.2) is 48.7 Å². The average molecular weight is 677 g/mol. The highest BCUT2D eigenvalue weighted by molar-refractivity contribution is 6.31. The van der Waals surface area contributed by atoms with Gasteiger partial charge in [-0.25, -0.2) is 13.6 Å². The smallest absolute Gasteiger partial charge is 0.414 e. The lowest BCUT2D eigenvalue weighted by molar-refractivity contribution is -0.0377. The Morgan fingerprint density at radius 1 is 1.22 bits per heavy atom. The van der Waals surface area contributed by atoms with Crippen molar-refractivity contribution in [1.82, 2.24) is 15.1 Å². The first kappa shape index (κ1) is 34.1. The topological polar surface area (TPSA) is 114 Å². The Kier molecular flexibility index (Phi) is 9.69. The number of nitrogens with one attached hydrogen (secondary N) is 2. The van der Waals surface area contributed by atoms with Crippen LogP contribution in [0.2, 0.25) is 10.0 Å². The van der Waals surface area contributed by atoms with E-state index in [0.717, 1.165) is 6.07 Å². The lowest BCUT2D eigenvalue weighted by Crippen LogP contribution is -2.44. The molecule has 2 aromatic carbocycles. The number of nitrogens with zero attached hydrogens (tertiary/aromatic N) is 3. The van der Waals surface area contributed by atoms with Gasteiger partial charge in [0.1, 0.15) is 23.2 Å². The van der Waals surface area contributed by atoms with E-state index in [9.17, 15) is 10.1 Å². The summed E-state index contributed by atoms with van der Waals surface area (Å²) in [6, 6.07) is 11.5. The minimum Gasteiger partial charge on any atom is -0.429 e. The number of halogens is 4. The van der Waals surface area contributed by atoms with Gasteiger partial charge in [0.2, 0.25) is 0 Å². The van der Waals surface area contributed by atoms with E-state index in [0.29, 0.717) is 26.2 Å². The molecule has 5 atom stereocenters. The van der Waals surface area contributed by atoms with E-state index in [2.05, 4.69) is 21.8 Å². The third-order valence-electron chi connectivity index (χ3n) is 8.11. The molecule has 0 bridgehead atoms. The molecule has 46 heavy (non-hydrogen) atoms. The molecule has 3 heterocycles. The maximum Gasteiger partial charge on any atom is 0.414 e. The molecule has 3 aromatic rings. The Morgan fingerprint density at radius 3 is 2.61 bits per heavy atom. The van der Waals surface area contributed by atoms with Crippen molar-refractivity contribution in [1.29, 1.82) is 5.26 Å². The van der Waals surface area contributed by atoms with Crippen molar-refractivity contribution < 1.29 is 27.8 Å². The van der Waals surface area contributed by atoms with Crippen molar-refractivity contribution in [3.05, 3.63) is 81.5 Å². The Hall–Kier alpha value is -3.27. The summed E-state index contributed by atoms with van der Waals surface area (Å²) >= 11 is 12.3. The molecule has 0 spiro atoms. The van der Waals surface area contributed by atoms with Gasteiger partial charge in [-0.3, -0.25) is 15.3 Å². The number of rotatable bonds is 10. The summed E-state index contributed by atoms with van der Waals surface area (Å²) in [6.45, 7) is 11.3. The maximum atomic E-state index is 15.8. The van der Waals surface area contributed by atoms with Crippen molar-refractivity contribution in [2.24, 2.45) is 5.41 Å². The number of hydrogen-bond donors (Lipinski definition) is 2. The van der Waals surface area contributed by atoms with Gasteiger partial charge in [0, 0.05) is 28.9 Å². The van der Waals surface area contributed by atoms with E-state index < -0.39 is 46.9 Å². The minimum atomic E-state index is -1.74. The van der Waals surface area contributed by atoms with Crippen molar-refractivity contribution >= 4 is 35.1 Å². The second kappa shape index (κ2) is 13.1. The van der Waals surface area contributed by atoms with Gasteiger partial charge < -0.3 is 14.2 Å². The molecule has 0 unspecified atom stereocenters. The van der Waals surface area contributed by atoms with Gasteiger partial charge in [-0.1, -0.05) is 62.2 Å². The van der Waals surface area contributed by atoms with Crippen LogP contribution in [0.5, 0.6) is 0 Å². The van der Waals surface area contributed by atoms with Gasteiger partial charge in [0.05, 0.1) is 42.4 Å². The van der Waals surface area contributed by atoms with Crippen LogP contribution >= 0.6 is 23.2 Å². The molecular weight excluding hydrogens is 639 g/mol. The summed E-state index contributed by atoms with van der Waals surface area (Å²) in [4.78, 5) is 13.4. The predicted octanol–water partition coefficient (Wildman–Crippen LogP) is 7.19. The van der Waals surface area contributed by atoms with E-state index in [1.807, 2.05) is 34.6 Å².